The van der Waals surface area contributed by atoms with E-state index in [-0.39, 0.29) is 0 Å². The van der Waals surface area contributed by atoms with Gasteiger partial charge in [-0.25, -0.2) is 4.39 Å². The van der Waals surface area contributed by atoms with Gasteiger partial charge in [-0.1, -0.05) is 15.9 Å². The lowest BCUT2D eigenvalue weighted by Crippen LogP contribution is -2.12. The first-order chi connectivity index (χ1) is 6.25. The molecule has 1 N–H and O–H groups in total. The van der Waals surface area contributed by atoms with Crippen LogP contribution >= 0.6 is 15.9 Å². The maximum Gasteiger partial charge on any atom is 0.118 e. The molecule has 0 aliphatic carbocycles. The zero-order valence-electron chi connectivity index (χ0n) is 7.19. The smallest absolute Gasteiger partial charge is 0.118 e. The van der Waals surface area contributed by atoms with Gasteiger partial charge in [-0.05, 0) is 36.6 Å². The Kier molecular flexibility index (Phi) is 2.54. The van der Waals surface area contributed by atoms with E-state index in [9.17, 15) is 4.39 Å². The van der Waals surface area contributed by atoms with Gasteiger partial charge in [0.15, 0.2) is 0 Å². The van der Waals surface area contributed by atoms with Gasteiger partial charge in [-0.15, -0.1) is 0 Å². The minimum absolute atomic E-state index is 0.439. The lowest BCUT2D eigenvalue weighted by Gasteiger charge is -2.07. The zero-order valence-corrected chi connectivity index (χ0v) is 8.77. The maximum absolute atomic E-state index is 13.0. The van der Waals surface area contributed by atoms with Gasteiger partial charge in [-0.3, -0.25) is 0 Å². The van der Waals surface area contributed by atoms with Gasteiger partial charge in [0.2, 0.25) is 0 Å². The van der Waals surface area contributed by atoms with Crippen molar-refractivity contribution in [3.8, 4) is 0 Å². The first-order valence-electron chi connectivity index (χ1n) is 4.42. The number of fused-ring (bicyclic) bond motifs is 1. The molecule has 1 aliphatic heterocycles. The molecule has 1 aromatic carbocycles. The van der Waals surface area contributed by atoms with Crippen molar-refractivity contribution in [2.75, 3.05) is 11.9 Å². The zero-order chi connectivity index (χ0) is 9.26. The van der Waals surface area contributed by atoms with Gasteiger partial charge in [0.05, 0.1) is 0 Å². The minimum Gasteiger partial charge on any atom is -0.382 e. The quantitative estimate of drug-likeness (QED) is 0.739. The summed E-state index contributed by atoms with van der Waals surface area (Å²) < 4.78 is 14.1. The van der Waals surface area contributed by atoms with Gasteiger partial charge in [0.1, 0.15) is 6.17 Å². The molecule has 0 saturated heterocycles. The van der Waals surface area contributed by atoms with E-state index in [0.717, 1.165) is 16.6 Å². The molecule has 0 radical (unpaired) electrons. The van der Waals surface area contributed by atoms with Crippen LogP contribution in [-0.2, 0) is 6.42 Å². The molecule has 13 heavy (non-hydrogen) atoms. The SMILES string of the molecule is FC1CCc2cc(Br)ccc2NC1. The fraction of sp³-hybridized carbons (Fsp3) is 0.400. The molecule has 1 heterocycles. The molecule has 0 spiro atoms. The van der Waals surface area contributed by atoms with Crippen LogP contribution in [0.25, 0.3) is 0 Å². The summed E-state index contributed by atoms with van der Waals surface area (Å²) in [7, 11) is 0. The van der Waals surface area contributed by atoms with Crippen molar-refractivity contribution in [1.82, 2.24) is 0 Å². The molecular weight excluding hydrogens is 233 g/mol. The Labute approximate surface area is 85.5 Å². The van der Waals surface area contributed by atoms with E-state index in [2.05, 4.69) is 27.3 Å². The van der Waals surface area contributed by atoms with E-state index >= 15 is 0 Å². The van der Waals surface area contributed by atoms with Crippen molar-refractivity contribution in [1.29, 1.82) is 0 Å². The summed E-state index contributed by atoms with van der Waals surface area (Å²) in [5.41, 5.74) is 2.28. The normalized spacial score (nSPS) is 21.5. The van der Waals surface area contributed by atoms with Crippen molar-refractivity contribution in [2.24, 2.45) is 0 Å². The van der Waals surface area contributed by atoms with Crippen LogP contribution in [0.2, 0.25) is 0 Å². The highest BCUT2D eigenvalue weighted by Crippen LogP contribution is 2.25. The number of halogens is 2. The third kappa shape index (κ3) is 2.02. The van der Waals surface area contributed by atoms with Crippen molar-refractivity contribution >= 4 is 21.6 Å². The lowest BCUT2D eigenvalue weighted by atomic mass is 10.1. The average molecular weight is 244 g/mol. The van der Waals surface area contributed by atoms with E-state index < -0.39 is 6.17 Å². The number of hydrogen-bond acceptors (Lipinski definition) is 1. The van der Waals surface area contributed by atoms with E-state index in [0.29, 0.717) is 13.0 Å². The number of anilines is 1. The second-order valence-electron chi connectivity index (χ2n) is 3.32. The summed E-state index contributed by atoms with van der Waals surface area (Å²) in [5.74, 6) is 0. The van der Waals surface area contributed by atoms with Crippen molar-refractivity contribution in [3.05, 3.63) is 28.2 Å². The second-order valence-corrected chi connectivity index (χ2v) is 4.23. The molecule has 0 aromatic heterocycles. The summed E-state index contributed by atoms with van der Waals surface area (Å²) >= 11 is 3.41. The van der Waals surface area contributed by atoms with Crippen LogP contribution in [-0.4, -0.2) is 12.7 Å². The first-order valence-corrected chi connectivity index (χ1v) is 5.21. The van der Waals surface area contributed by atoms with Crippen LogP contribution in [0.4, 0.5) is 10.1 Å². The van der Waals surface area contributed by atoms with Gasteiger partial charge >= 0.3 is 0 Å². The molecule has 0 amide bonds. The fourth-order valence-electron chi connectivity index (χ4n) is 1.58. The van der Waals surface area contributed by atoms with Gasteiger partial charge in [-0.2, -0.15) is 0 Å². The molecule has 1 nitrogen and oxygen atoms in total. The molecular formula is C10H11BrFN. The van der Waals surface area contributed by atoms with E-state index in [4.69, 9.17) is 0 Å². The Morgan fingerprint density at radius 1 is 1.46 bits per heavy atom. The maximum atomic E-state index is 13.0. The Morgan fingerprint density at radius 3 is 3.15 bits per heavy atom. The topological polar surface area (TPSA) is 12.0 Å². The van der Waals surface area contributed by atoms with Crippen LogP contribution in [0.5, 0.6) is 0 Å². The highest BCUT2D eigenvalue weighted by Gasteiger charge is 2.14. The van der Waals surface area contributed by atoms with Crippen LogP contribution in [0.3, 0.4) is 0 Å². The van der Waals surface area contributed by atoms with Crippen LogP contribution in [0.1, 0.15) is 12.0 Å². The standard InChI is InChI=1S/C10H11BrFN/c11-8-2-4-10-7(5-8)1-3-9(12)6-13-10/h2,4-5,9,13H,1,3,6H2. The Bertz CT molecular complexity index is 314. The molecule has 70 valence electrons. The fourth-order valence-corrected chi connectivity index (χ4v) is 1.98. The molecule has 0 bridgehead atoms. The number of hydrogen-bond donors (Lipinski definition) is 1. The second kappa shape index (κ2) is 3.66. The third-order valence-corrected chi connectivity index (χ3v) is 2.80. The Balaban J connectivity index is 2.30. The summed E-state index contributed by atoms with van der Waals surface area (Å²) in [4.78, 5) is 0. The number of nitrogens with one attached hydrogen (secondary N) is 1. The molecule has 0 saturated carbocycles. The average Bonchev–Trinajstić information content (AvgIpc) is 2.29. The highest BCUT2D eigenvalue weighted by molar-refractivity contribution is 9.10. The molecule has 1 atom stereocenters. The third-order valence-electron chi connectivity index (χ3n) is 2.31. The van der Waals surface area contributed by atoms with Gasteiger partial charge in [0.25, 0.3) is 0 Å². The summed E-state index contributed by atoms with van der Waals surface area (Å²) in [5, 5.41) is 3.11. The molecule has 1 unspecified atom stereocenters. The number of rotatable bonds is 0. The van der Waals surface area contributed by atoms with Crippen LogP contribution < -0.4 is 5.32 Å². The summed E-state index contributed by atoms with van der Waals surface area (Å²) in [6, 6.07) is 6.03. The molecule has 1 aromatic rings. The first kappa shape index (κ1) is 9.00. The number of aryl methyl sites for hydroxylation is 1. The number of alkyl halides is 1. The molecule has 3 heteroatoms. The van der Waals surface area contributed by atoms with Crippen LogP contribution in [0, 0.1) is 0 Å². The van der Waals surface area contributed by atoms with E-state index in [1.54, 1.807) is 0 Å². The molecule has 2 rings (SSSR count). The van der Waals surface area contributed by atoms with Crippen molar-refractivity contribution in [2.45, 2.75) is 19.0 Å². The number of benzene rings is 1. The molecule has 1 aliphatic rings. The Morgan fingerprint density at radius 2 is 2.31 bits per heavy atom. The summed E-state index contributed by atoms with van der Waals surface area (Å²) in [6.45, 7) is 0.439. The minimum atomic E-state index is -0.717. The predicted octanol–water partition coefficient (Wildman–Crippen LogP) is 3.15. The Hall–Kier alpha value is -0.570. The van der Waals surface area contributed by atoms with E-state index in [1.165, 1.54) is 5.56 Å². The molecule has 0 fully saturated rings. The largest absolute Gasteiger partial charge is 0.382 e. The lowest BCUT2D eigenvalue weighted by molar-refractivity contribution is 0.333. The van der Waals surface area contributed by atoms with Gasteiger partial charge < -0.3 is 5.32 Å². The monoisotopic (exact) mass is 243 g/mol. The van der Waals surface area contributed by atoms with Crippen molar-refractivity contribution in [3.63, 3.8) is 0 Å². The van der Waals surface area contributed by atoms with Crippen LogP contribution in [0.15, 0.2) is 22.7 Å². The van der Waals surface area contributed by atoms with Gasteiger partial charge in [0, 0.05) is 16.7 Å². The summed E-state index contributed by atoms with van der Waals surface area (Å²) in [6.07, 6.45) is 0.727. The van der Waals surface area contributed by atoms with E-state index in [1.807, 2.05) is 12.1 Å². The van der Waals surface area contributed by atoms with Crippen molar-refractivity contribution < 1.29 is 4.39 Å². The predicted molar refractivity (Wildman–Crippen MR) is 55.8 cm³/mol. The highest BCUT2D eigenvalue weighted by atomic mass is 79.9.